The second-order valence-corrected chi connectivity index (χ2v) is 4.95. The van der Waals surface area contributed by atoms with E-state index in [1.165, 1.54) is 17.7 Å². The van der Waals surface area contributed by atoms with Crippen LogP contribution in [0.3, 0.4) is 0 Å². The number of halogens is 2. The summed E-state index contributed by atoms with van der Waals surface area (Å²) in [6.07, 6.45) is 1.02. The van der Waals surface area contributed by atoms with E-state index in [4.69, 9.17) is 11.6 Å². The SMILES string of the molecule is Cc1cccc(CCC(=O)c2ccc(Cl)c(F)c2)c1. The summed E-state index contributed by atoms with van der Waals surface area (Å²) < 4.78 is 13.3. The molecule has 0 aliphatic carbocycles. The van der Waals surface area contributed by atoms with Gasteiger partial charge in [-0.3, -0.25) is 4.79 Å². The monoisotopic (exact) mass is 276 g/mol. The van der Waals surface area contributed by atoms with Crippen LogP contribution < -0.4 is 0 Å². The molecule has 0 N–H and O–H groups in total. The molecule has 0 aliphatic heterocycles. The van der Waals surface area contributed by atoms with Crippen LogP contribution in [0.15, 0.2) is 42.5 Å². The van der Waals surface area contributed by atoms with Crippen LogP contribution in [0.4, 0.5) is 4.39 Å². The average Bonchev–Trinajstić information content (AvgIpc) is 2.39. The number of hydrogen-bond donors (Lipinski definition) is 0. The van der Waals surface area contributed by atoms with Gasteiger partial charge in [0.05, 0.1) is 5.02 Å². The molecule has 2 aromatic rings. The van der Waals surface area contributed by atoms with Gasteiger partial charge in [-0.25, -0.2) is 4.39 Å². The molecule has 0 spiro atoms. The smallest absolute Gasteiger partial charge is 0.163 e. The van der Waals surface area contributed by atoms with Crippen molar-refractivity contribution in [1.82, 2.24) is 0 Å². The summed E-state index contributed by atoms with van der Waals surface area (Å²) in [5.74, 6) is -0.625. The number of ketones is 1. The summed E-state index contributed by atoms with van der Waals surface area (Å²) in [7, 11) is 0. The Labute approximate surface area is 117 Å². The molecule has 0 atom stereocenters. The minimum Gasteiger partial charge on any atom is -0.294 e. The van der Waals surface area contributed by atoms with Crippen LogP contribution in [0.1, 0.15) is 27.9 Å². The van der Waals surface area contributed by atoms with Crippen LogP contribution in [0.25, 0.3) is 0 Å². The fourth-order valence-corrected chi connectivity index (χ4v) is 2.06. The van der Waals surface area contributed by atoms with Crippen molar-refractivity contribution in [2.75, 3.05) is 0 Å². The lowest BCUT2D eigenvalue weighted by Gasteiger charge is -2.04. The molecule has 1 nitrogen and oxygen atoms in total. The van der Waals surface area contributed by atoms with Crippen molar-refractivity contribution < 1.29 is 9.18 Å². The molecule has 2 aromatic carbocycles. The van der Waals surface area contributed by atoms with E-state index in [9.17, 15) is 9.18 Å². The number of benzene rings is 2. The van der Waals surface area contributed by atoms with Crippen LogP contribution in [-0.4, -0.2) is 5.78 Å². The maximum absolute atomic E-state index is 13.3. The molecule has 0 radical (unpaired) electrons. The highest BCUT2D eigenvalue weighted by Crippen LogP contribution is 2.17. The van der Waals surface area contributed by atoms with Gasteiger partial charge in [-0.1, -0.05) is 41.4 Å². The largest absolute Gasteiger partial charge is 0.294 e. The lowest BCUT2D eigenvalue weighted by molar-refractivity contribution is 0.0982. The average molecular weight is 277 g/mol. The van der Waals surface area contributed by atoms with E-state index >= 15 is 0 Å². The minimum absolute atomic E-state index is 0.0373. The number of hydrogen-bond acceptors (Lipinski definition) is 1. The van der Waals surface area contributed by atoms with E-state index in [1.807, 2.05) is 25.1 Å². The predicted octanol–water partition coefficient (Wildman–Crippen LogP) is 4.60. The summed E-state index contributed by atoms with van der Waals surface area (Å²) in [6, 6.07) is 12.2. The Balaban J connectivity index is 2.03. The maximum atomic E-state index is 13.3. The first-order valence-electron chi connectivity index (χ1n) is 6.10. The van der Waals surface area contributed by atoms with Gasteiger partial charge in [0, 0.05) is 12.0 Å². The molecule has 19 heavy (non-hydrogen) atoms. The van der Waals surface area contributed by atoms with Crippen molar-refractivity contribution in [2.24, 2.45) is 0 Å². The molecule has 0 saturated carbocycles. The molecule has 0 bridgehead atoms. The van der Waals surface area contributed by atoms with Crippen molar-refractivity contribution in [2.45, 2.75) is 19.8 Å². The topological polar surface area (TPSA) is 17.1 Å². The Morgan fingerprint density at radius 1 is 1.21 bits per heavy atom. The van der Waals surface area contributed by atoms with Crippen LogP contribution in [0, 0.1) is 12.7 Å². The summed E-state index contributed by atoms with van der Waals surface area (Å²) in [4.78, 5) is 12.0. The number of carbonyl (C=O) groups is 1. The Bertz CT molecular complexity index is 607. The molecule has 0 saturated heterocycles. The van der Waals surface area contributed by atoms with Crippen molar-refractivity contribution >= 4 is 17.4 Å². The molecule has 0 fully saturated rings. The summed E-state index contributed by atoms with van der Waals surface area (Å²) in [5.41, 5.74) is 2.65. The second kappa shape index (κ2) is 5.98. The van der Waals surface area contributed by atoms with Gasteiger partial charge in [0.25, 0.3) is 0 Å². The van der Waals surface area contributed by atoms with Gasteiger partial charge in [0.2, 0.25) is 0 Å². The third-order valence-electron chi connectivity index (χ3n) is 2.96. The Morgan fingerprint density at radius 3 is 2.68 bits per heavy atom. The highest BCUT2D eigenvalue weighted by molar-refractivity contribution is 6.30. The van der Waals surface area contributed by atoms with Crippen molar-refractivity contribution in [3.63, 3.8) is 0 Å². The first-order chi connectivity index (χ1) is 9.06. The maximum Gasteiger partial charge on any atom is 0.163 e. The Kier molecular flexibility index (Phi) is 4.33. The van der Waals surface area contributed by atoms with Crippen molar-refractivity contribution in [3.05, 3.63) is 70.0 Å². The van der Waals surface area contributed by atoms with Gasteiger partial charge in [-0.15, -0.1) is 0 Å². The number of aryl methyl sites for hydroxylation is 2. The normalized spacial score (nSPS) is 10.5. The van der Waals surface area contributed by atoms with Gasteiger partial charge in [-0.2, -0.15) is 0 Å². The fourth-order valence-electron chi connectivity index (χ4n) is 1.94. The predicted molar refractivity (Wildman–Crippen MR) is 75.2 cm³/mol. The van der Waals surface area contributed by atoms with E-state index < -0.39 is 5.82 Å². The van der Waals surface area contributed by atoms with Crippen LogP contribution in [0.2, 0.25) is 5.02 Å². The molecule has 0 unspecified atom stereocenters. The molecule has 98 valence electrons. The molecule has 2 rings (SSSR count). The molecule has 0 aliphatic rings. The summed E-state index contributed by atoms with van der Waals surface area (Å²) in [6.45, 7) is 2.01. The van der Waals surface area contributed by atoms with Crippen LogP contribution in [0.5, 0.6) is 0 Å². The molecule has 0 amide bonds. The first kappa shape index (κ1) is 13.8. The van der Waals surface area contributed by atoms with Gasteiger partial charge in [-0.05, 0) is 37.1 Å². The zero-order valence-electron chi connectivity index (χ0n) is 10.6. The van der Waals surface area contributed by atoms with Gasteiger partial charge in [0.15, 0.2) is 5.78 Å². The van der Waals surface area contributed by atoms with Gasteiger partial charge < -0.3 is 0 Å². The van der Waals surface area contributed by atoms with Crippen LogP contribution in [-0.2, 0) is 6.42 Å². The lowest BCUT2D eigenvalue weighted by atomic mass is 10.0. The molecule has 3 heteroatoms. The number of Topliss-reactive ketones (excluding diaryl/α,β-unsaturated/α-hetero) is 1. The van der Waals surface area contributed by atoms with E-state index in [0.29, 0.717) is 18.4 Å². The number of carbonyl (C=O) groups excluding carboxylic acids is 1. The third-order valence-corrected chi connectivity index (χ3v) is 3.27. The standard InChI is InChI=1S/C16H14ClFO/c1-11-3-2-4-12(9-11)5-8-16(19)13-6-7-14(17)15(18)10-13/h2-4,6-7,9-10H,5,8H2,1H3. The number of rotatable bonds is 4. The van der Waals surface area contributed by atoms with E-state index in [2.05, 4.69) is 6.07 Å². The van der Waals surface area contributed by atoms with E-state index in [1.54, 1.807) is 6.07 Å². The lowest BCUT2D eigenvalue weighted by Crippen LogP contribution is -2.02. The molecule has 0 heterocycles. The molecular weight excluding hydrogens is 263 g/mol. The highest BCUT2D eigenvalue weighted by atomic mass is 35.5. The minimum atomic E-state index is -0.553. The highest BCUT2D eigenvalue weighted by Gasteiger charge is 2.09. The second-order valence-electron chi connectivity index (χ2n) is 4.54. The van der Waals surface area contributed by atoms with Gasteiger partial charge >= 0.3 is 0 Å². The zero-order valence-corrected chi connectivity index (χ0v) is 11.4. The third kappa shape index (κ3) is 3.65. The van der Waals surface area contributed by atoms with Crippen molar-refractivity contribution in [1.29, 1.82) is 0 Å². The van der Waals surface area contributed by atoms with E-state index in [-0.39, 0.29) is 10.8 Å². The first-order valence-corrected chi connectivity index (χ1v) is 6.48. The van der Waals surface area contributed by atoms with Crippen LogP contribution >= 0.6 is 11.6 Å². The zero-order chi connectivity index (χ0) is 13.8. The Hall–Kier alpha value is -1.67. The van der Waals surface area contributed by atoms with Crippen molar-refractivity contribution in [3.8, 4) is 0 Å². The summed E-state index contributed by atoms with van der Waals surface area (Å²) in [5, 5.41) is 0.0373. The summed E-state index contributed by atoms with van der Waals surface area (Å²) >= 11 is 5.59. The Morgan fingerprint density at radius 2 is 2.00 bits per heavy atom. The quantitative estimate of drug-likeness (QED) is 0.746. The van der Waals surface area contributed by atoms with Gasteiger partial charge in [0.1, 0.15) is 5.82 Å². The fraction of sp³-hybridized carbons (Fsp3) is 0.188. The molecular formula is C16H14ClFO. The van der Waals surface area contributed by atoms with E-state index in [0.717, 1.165) is 5.56 Å². The molecule has 0 aromatic heterocycles.